The van der Waals surface area contributed by atoms with Crippen molar-refractivity contribution in [2.45, 2.75) is 25.7 Å². The third-order valence-corrected chi connectivity index (χ3v) is 4.09. The van der Waals surface area contributed by atoms with E-state index in [0.29, 0.717) is 23.2 Å². The van der Waals surface area contributed by atoms with Gasteiger partial charge < -0.3 is 4.90 Å². The van der Waals surface area contributed by atoms with E-state index >= 15 is 0 Å². The number of likely N-dealkylation sites (tertiary alicyclic amines) is 1. The Balaban J connectivity index is 1.92. The van der Waals surface area contributed by atoms with Gasteiger partial charge in [0.1, 0.15) is 0 Å². The van der Waals surface area contributed by atoms with Gasteiger partial charge in [0.25, 0.3) is 0 Å². The fraction of sp³-hybridized carbons (Fsp3) is 0.533. The molecule has 1 unspecified atom stereocenters. The highest BCUT2D eigenvalue weighted by molar-refractivity contribution is 6.30. The second-order valence-electron chi connectivity index (χ2n) is 5.13. The number of carbonyl (C=O) groups excluding carboxylic acids is 1. The molecule has 104 valence electrons. The SMILES string of the molecule is O=C(Cc1cccc(Cl)c1)N1CCCC(CCCl)C1. The van der Waals surface area contributed by atoms with Crippen LogP contribution in [-0.4, -0.2) is 29.8 Å². The van der Waals surface area contributed by atoms with Crippen molar-refractivity contribution in [2.75, 3.05) is 19.0 Å². The lowest BCUT2D eigenvalue weighted by Gasteiger charge is -2.32. The van der Waals surface area contributed by atoms with Gasteiger partial charge in [-0.05, 0) is 42.9 Å². The zero-order valence-electron chi connectivity index (χ0n) is 10.9. The molecule has 1 amide bonds. The van der Waals surface area contributed by atoms with E-state index in [9.17, 15) is 4.79 Å². The summed E-state index contributed by atoms with van der Waals surface area (Å²) < 4.78 is 0. The Bertz CT molecular complexity index is 434. The molecule has 1 aromatic carbocycles. The predicted molar refractivity (Wildman–Crippen MR) is 79.8 cm³/mol. The Hall–Kier alpha value is -0.730. The minimum Gasteiger partial charge on any atom is -0.342 e. The van der Waals surface area contributed by atoms with Crippen molar-refractivity contribution in [2.24, 2.45) is 5.92 Å². The predicted octanol–water partition coefficient (Wildman–Crippen LogP) is 3.75. The molecule has 2 nitrogen and oxygen atoms in total. The molecular weight excluding hydrogens is 281 g/mol. The second kappa shape index (κ2) is 7.16. The number of alkyl halides is 1. The van der Waals surface area contributed by atoms with Gasteiger partial charge in [0.05, 0.1) is 6.42 Å². The zero-order valence-corrected chi connectivity index (χ0v) is 12.5. The minimum absolute atomic E-state index is 0.196. The van der Waals surface area contributed by atoms with E-state index in [-0.39, 0.29) is 5.91 Å². The number of nitrogens with zero attached hydrogens (tertiary/aromatic N) is 1. The van der Waals surface area contributed by atoms with Crippen molar-refractivity contribution in [1.29, 1.82) is 0 Å². The lowest BCUT2D eigenvalue weighted by Crippen LogP contribution is -2.40. The number of amides is 1. The molecule has 1 aliphatic heterocycles. The molecule has 1 atom stereocenters. The number of halogens is 2. The first-order valence-electron chi connectivity index (χ1n) is 6.77. The average Bonchev–Trinajstić information content (AvgIpc) is 2.39. The first kappa shape index (κ1) is 14.7. The molecule has 0 spiro atoms. The van der Waals surface area contributed by atoms with Crippen LogP contribution < -0.4 is 0 Å². The number of hydrogen-bond acceptors (Lipinski definition) is 1. The molecule has 0 aliphatic carbocycles. The molecule has 1 aliphatic rings. The van der Waals surface area contributed by atoms with Gasteiger partial charge in [0.2, 0.25) is 5.91 Å². The van der Waals surface area contributed by atoms with Crippen molar-refractivity contribution in [1.82, 2.24) is 4.90 Å². The molecule has 0 N–H and O–H groups in total. The van der Waals surface area contributed by atoms with Gasteiger partial charge in [-0.2, -0.15) is 0 Å². The normalized spacial score (nSPS) is 19.5. The Labute approximate surface area is 124 Å². The van der Waals surface area contributed by atoms with Crippen LogP contribution in [0.5, 0.6) is 0 Å². The molecule has 1 heterocycles. The Kier molecular flexibility index (Phi) is 5.53. The van der Waals surface area contributed by atoms with E-state index in [1.54, 1.807) is 0 Å². The summed E-state index contributed by atoms with van der Waals surface area (Å²) in [5.41, 5.74) is 0.983. The molecule has 19 heavy (non-hydrogen) atoms. The maximum absolute atomic E-state index is 12.3. The molecule has 1 aromatic rings. The van der Waals surface area contributed by atoms with Crippen molar-refractivity contribution in [3.63, 3.8) is 0 Å². The van der Waals surface area contributed by atoms with Gasteiger partial charge in [-0.15, -0.1) is 11.6 Å². The van der Waals surface area contributed by atoms with E-state index in [1.807, 2.05) is 29.2 Å². The third-order valence-electron chi connectivity index (χ3n) is 3.63. The standard InChI is InChI=1S/C15H19Cl2NO/c16-7-6-12-4-2-8-18(11-12)15(19)10-13-3-1-5-14(17)9-13/h1,3,5,9,12H,2,4,6-8,10-11H2. The van der Waals surface area contributed by atoms with Gasteiger partial charge in [0.15, 0.2) is 0 Å². The molecule has 0 bridgehead atoms. The third kappa shape index (κ3) is 4.39. The molecule has 0 aromatic heterocycles. The fourth-order valence-electron chi connectivity index (χ4n) is 2.61. The summed E-state index contributed by atoms with van der Waals surface area (Å²) in [6.07, 6.45) is 3.72. The molecule has 0 radical (unpaired) electrons. The zero-order chi connectivity index (χ0) is 13.7. The molecule has 0 saturated carbocycles. The van der Waals surface area contributed by atoms with Crippen molar-refractivity contribution in [3.8, 4) is 0 Å². The van der Waals surface area contributed by atoms with Crippen LogP contribution in [0.15, 0.2) is 24.3 Å². The first-order chi connectivity index (χ1) is 9.19. The fourth-order valence-corrected chi connectivity index (χ4v) is 3.14. The topological polar surface area (TPSA) is 20.3 Å². The van der Waals surface area contributed by atoms with Crippen LogP contribution in [0, 0.1) is 5.92 Å². The maximum atomic E-state index is 12.3. The van der Waals surface area contributed by atoms with Crippen LogP contribution >= 0.6 is 23.2 Å². The summed E-state index contributed by atoms with van der Waals surface area (Å²) in [6, 6.07) is 7.52. The monoisotopic (exact) mass is 299 g/mol. The van der Waals surface area contributed by atoms with Gasteiger partial charge in [-0.1, -0.05) is 23.7 Å². The Morgan fingerprint density at radius 1 is 1.42 bits per heavy atom. The van der Waals surface area contributed by atoms with Crippen molar-refractivity contribution in [3.05, 3.63) is 34.9 Å². The smallest absolute Gasteiger partial charge is 0.226 e. The van der Waals surface area contributed by atoms with E-state index in [4.69, 9.17) is 23.2 Å². The average molecular weight is 300 g/mol. The highest BCUT2D eigenvalue weighted by Gasteiger charge is 2.23. The Morgan fingerprint density at radius 3 is 3.00 bits per heavy atom. The van der Waals surface area contributed by atoms with Crippen LogP contribution in [0.4, 0.5) is 0 Å². The highest BCUT2D eigenvalue weighted by atomic mass is 35.5. The van der Waals surface area contributed by atoms with Crippen LogP contribution in [-0.2, 0) is 11.2 Å². The number of piperidine rings is 1. The van der Waals surface area contributed by atoms with Gasteiger partial charge in [-0.25, -0.2) is 0 Å². The summed E-state index contributed by atoms with van der Waals surface area (Å²) in [6.45, 7) is 1.73. The number of benzene rings is 1. The molecule has 4 heteroatoms. The van der Waals surface area contributed by atoms with Crippen molar-refractivity contribution >= 4 is 29.1 Å². The number of rotatable bonds is 4. The number of carbonyl (C=O) groups is 1. The lowest BCUT2D eigenvalue weighted by molar-refractivity contribution is -0.132. The Morgan fingerprint density at radius 2 is 2.26 bits per heavy atom. The molecule has 2 rings (SSSR count). The molecule has 1 saturated heterocycles. The van der Waals surface area contributed by atoms with Gasteiger partial charge in [-0.3, -0.25) is 4.79 Å². The summed E-state index contributed by atoms with van der Waals surface area (Å²) in [4.78, 5) is 14.3. The summed E-state index contributed by atoms with van der Waals surface area (Å²) in [5, 5.41) is 0.684. The van der Waals surface area contributed by atoms with Crippen LogP contribution in [0.3, 0.4) is 0 Å². The highest BCUT2D eigenvalue weighted by Crippen LogP contribution is 2.21. The van der Waals surface area contributed by atoms with Gasteiger partial charge in [0, 0.05) is 24.0 Å². The van der Waals surface area contributed by atoms with E-state index in [0.717, 1.165) is 31.5 Å². The van der Waals surface area contributed by atoms with E-state index < -0.39 is 0 Å². The second-order valence-corrected chi connectivity index (χ2v) is 5.95. The summed E-state index contributed by atoms with van der Waals surface area (Å²) >= 11 is 11.7. The first-order valence-corrected chi connectivity index (χ1v) is 7.68. The van der Waals surface area contributed by atoms with Crippen LogP contribution in [0.25, 0.3) is 0 Å². The molecule has 1 fully saturated rings. The van der Waals surface area contributed by atoms with E-state index in [2.05, 4.69) is 0 Å². The lowest BCUT2D eigenvalue weighted by atomic mass is 9.95. The van der Waals surface area contributed by atoms with Crippen LogP contribution in [0.1, 0.15) is 24.8 Å². The van der Waals surface area contributed by atoms with Gasteiger partial charge >= 0.3 is 0 Å². The maximum Gasteiger partial charge on any atom is 0.226 e. The molecular formula is C15H19Cl2NO. The number of hydrogen-bond donors (Lipinski definition) is 0. The quantitative estimate of drug-likeness (QED) is 0.776. The van der Waals surface area contributed by atoms with Crippen molar-refractivity contribution < 1.29 is 4.79 Å². The van der Waals surface area contributed by atoms with Crippen LogP contribution in [0.2, 0.25) is 5.02 Å². The summed E-state index contributed by atoms with van der Waals surface area (Å²) in [5.74, 6) is 1.44. The largest absolute Gasteiger partial charge is 0.342 e. The van der Waals surface area contributed by atoms with E-state index in [1.165, 1.54) is 6.42 Å². The summed E-state index contributed by atoms with van der Waals surface area (Å²) in [7, 11) is 0. The minimum atomic E-state index is 0.196.